The average Bonchev–Trinajstić information content (AvgIpc) is 3.71. The molecule has 0 bridgehead atoms. The molecular weight excluding hydrogens is 665 g/mol. The molecule has 0 atom stereocenters. The van der Waals surface area contributed by atoms with Gasteiger partial charge in [-0.15, -0.1) is 4.94 Å². The van der Waals surface area contributed by atoms with Crippen molar-refractivity contribution in [2.24, 2.45) is 0 Å². The standard InChI is InChI=1S/C47H50N4OSi/c1-31(2)37-19-15-20-38(32(3)4)46(37)33-26-27-48-45(28-33)49-41-21-11-10-18-39(41)40-25-24-36(30-44(40)49)53(8,9)35-17-14-16-34(29-35)50-42-22-12-13-23-43(42)51(52-50)47(5,6)7/h10-32H,1-9H3. The second-order valence-corrected chi connectivity index (χ2v) is 21.0. The highest BCUT2D eigenvalue weighted by Crippen LogP contribution is 2.44. The van der Waals surface area contributed by atoms with Gasteiger partial charge in [0, 0.05) is 17.0 Å². The number of fused-ring (bicyclic) bond motifs is 4. The molecule has 0 N–H and O–H groups in total. The van der Waals surface area contributed by atoms with Gasteiger partial charge in [-0.2, -0.15) is 5.06 Å². The van der Waals surface area contributed by atoms with Crippen LogP contribution in [0, 0.1) is 0 Å². The fourth-order valence-corrected chi connectivity index (χ4v) is 10.4. The van der Waals surface area contributed by atoms with Gasteiger partial charge in [0.1, 0.15) is 13.9 Å². The topological polar surface area (TPSA) is 33.5 Å². The van der Waals surface area contributed by atoms with Gasteiger partial charge in [0.2, 0.25) is 0 Å². The maximum absolute atomic E-state index is 6.57. The van der Waals surface area contributed by atoms with Crippen molar-refractivity contribution in [3.63, 3.8) is 0 Å². The zero-order valence-corrected chi connectivity index (χ0v) is 33.5. The smallest absolute Gasteiger partial charge is 0.138 e. The number of hydrogen-bond acceptors (Lipinski definition) is 4. The number of aromatic nitrogens is 2. The molecule has 8 rings (SSSR count). The molecule has 3 heterocycles. The number of rotatable bonds is 7. The summed E-state index contributed by atoms with van der Waals surface area (Å²) in [5.41, 5.74) is 10.6. The molecule has 0 saturated heterocycles. The second kappa shape index (κ2) is 13.0. The van der Waals surface area contributed by atoms with Gasteiger partial charge in [0.25, 0.3) is 0 Å². The van der Waals surface area contributed by atoms with Crippen molar-refractivity contribution >= 4 is 57.3 Å². The molecule has 5 aromatic carbocycles. The van der Waals surface area contributed by atoms with E-state index in [9.17, 15) is 0 Å². The highest BCUT2D eigenvalue weighted by Gasteiger charge is 2.36. The number of hydroxylamine groups is 1. The minimum absolute atomic E-state index is 0.201. The van der Waals surface area contributed by atoms with Gasteiger partial charge in [-0.3, -0.25) is 4.57 Å². The second-order valence-electron chi connectivity index (χ2n) is 16.6. The molecule has 0 amide bonds. The Morgan fingerprint density at radius 3 is 1.98 bits per heavy atom. The quantitative estimate of drug-likeness (QED) is 0.154. The third-order valence-electron chi connectivity index (χ3n) is 10.9. The van der Waals surface area contributed by atoms with Crippen LogP contribution in [0.2, 0.25) is 13.1 Å². The van der Waals surface area contributed by atoms with E-state index >= 15 is 0 Å². The summed E-state index contributed by atoms with van der Waals surface area (Å²) in [7, 11) is -2.21. The summed E-state index contributed by atoms with van der Waals surface area (Å²) in [6.07, 6.45) is 1.99. The van der Waals surface area contributed by atoms with Crippen LogP contribution in [0.4, 0.5) is 17.1 Å². The molecule has 0 radical (unpaired) electrons. The lowest BCUT2D eigenvalue weighted by Crippen LogP contribution is -2.53. The van der Waals surface area contributed by atoms with Gasteiger partial charge in [-0.25, -0.2) is 10.0 Å². The number of benzene rings is 5. The molecule has 7 aromatic rings. The van der Waals surface area contributed by atoms with Crippen LogP contribution in [-0.2, 0) is 4.94 Å². The van der Waals surface area contributed by atoms with Crippen LogP contribution in [-0.4, -0.2) is 23.2 Å². The Kier molecular flexibility index (Phi) is 8.59. The van der Waals surface area contributed by atoms with Gasteiger partial charge < -0.3 is 0 Å². The Bertz CT molecular complexity index is 2460. The van der Waals surface area contributed by atoms with Crippen molar-refractivity contribution < 1.29 is 4.94 Å². The van der Waals surface area contributed by atoms with Crippen LogP contribution >= 0.6 is 0 Å². The van der Waals surface area contributed by atoms with Crippen molar-refractivity contribution in [2.75, 3.05) is 10.1 Å². The predicted molar refractivity (Wildman–Crippen MR) is 227 cm³/mol. The molecule has 0 saturated carbocycles. The molecule has 1 aliphatic rings. The summed E-state index contributed by atoms with van der Waals surface area (Å²) in [5, 5.41) is 9.19. The summed E-state index contributed by atoms with van der Waals surface area (Å²) in [6.45, 7) is 20.6. The van der Waals surface area contributed by atoms with E-state index in [1.54, 1.807) is 0 Å². The van der Waals surface area contributed by atoms with Crippen LogP contribution in [0.5, 0.6) is 0 Å². The largest absolute Gasteiger partial charge is 0.294 e. The first-order chi connectivity index (χ1) is 25.3. The van der Waals surface area contributed by atoms with Gasteiger partial charge in [0.05, 0.1) is 33.6 Å². The first-order valence-electron chi connectivity index (χ1n) is 19.0. The maximum Gasteiger partial charge on any atom is 0.138 e. The van der Waals surface area contributed by atoms with Crippen LogP contribution < -0.4 is 20.5 Å². The van der Waals surface area contributed by atoms with E-state index in [4.69, 9.17) is 9.92 Å². The number of para-hydroxylation sites is 3. The maximum atomic E-state index is 6.57. The molecule has 2 aromatic heterocycles. The van der Waals surface area contributed by atoms with Crippen molar-refractivity contribution in [2.45, 2.75) is 78.9 Å². The number of pyridine rings is 1. The van der Waals surface area contributed by atoms with Crippen molar-refractivity contribution in [1.82, 2.24) is 9.55 Å². The highest BCUT2D eigenvalue weighted by molar-refractivity contribution is 7.00. The summed E-state index contributed by atoms with van der Waals surface area (Å²) in [5.74, 6) is 1.76. The Morgan fingerprint density at radius 2 is 1.26 bits per heavy atom. The van der Waals surface area contributed by atoms with Crippen molar-refractivity contribution in [1.29, 1.82) is 0 Å². The lowest BCUT2D eigenvalue weighted by molar-refractivity contribution is 0.0843. The average molecular weight is 715 g/mol. The first-order valence-corrected chi connectivity index (χ1v) is 22.0. The predicted octanol–water partition coefficient (Wildman–Crippen LogP) is 11.5. The van der Waals surface area contributed by atoms with Crippen LogP contribution in [0.15, 0.2) is 128 Å². The molecule has 6 heteroatoms. The Labute approximate surface area is 315 Å². The Balaban J connectivity index is 1.25. The lowest BCUT2D eigenvalue weighted by atomic mass is 9.85. The zero-order valence-electron chi connectivity index (χ0n) is 32.5. The summed E-state index contributed by atoms with van der Waals surface area (Å²) in [4.78, 5) is 11.6. The lowest BCUT2D eigenvalue weighted by Gasteiger charge is -2.32. The van der Waals surface area contributed by atoms with E-state index in [1.807, 2.05) is 16.3 Å². The molecule has 0 spiro atoms. The summed E-state index contributed by atoms with van der Waals surface area (Å²) >= 11 is 0. The van der Waals surface area contributed by atoms with Gasteiger partial charge in [0.15, 0.2) is 0 Å². The third kappa shape index (κ3) is 5.94. The molecule has 0 aliphatic carbocycles. The molecule has 268 valence electrons. The zero-order chi connectivity index (χ0) is 37.2. The fourth-order valence-electron chi connectivity index (χ4n) is 8.02. The summed E-state index contributed by atoms with van der Waals surface area (Å²) in [6, 6.07) is 44.5. The molecular formula is C47H50N4OSi. The Hall–Kier alpha value is -5.17. The summed E-state index contributed by atoms with van der Waals surface area (Å²) < 4.78 is 2.38. The highest BCUT2D eigenvalue weighted by atomic mass is 28.3. The van der Waals surface area contributed by atoms with Crippen LogP contribution in [0.3, 0.4) is 0 Å². The van der Waals surface area contributed by atoms with E-state index < -0.39 is 8.07 Å². The normalized spacial score (nSPS) is 13.6. The molecule has 1 aliphatic heterocycles. The van der Waals surface area contributed by atoms with E-state index in [-0.39, 0.29) is 5.54 Å². The van der Waals surface area contributed by atoms with Crippen LogP contribution in [0.25, 0.3) is 38.8 Å². The first kappa shape index (κ1) is 34.9. The number of anilines is 3. The molecule has 53 heavy (non-hydrogen) atoms. The van der Waals surface area contributed by atoms with Gasteiger partial charge >= 0.3 is 0 Å². The minimum atomic E-state index is -2.21. The number of hydrogen-bond donors (Lipinski definition) is 0. The molecule has 0 unspecified atom stereocenters. The van der Waals surface area contributed by atoms with Gasteiger partial charge in [-0.05, 0) is 103 Å². The SMILES string of the molecule is CC(C)c1cccc(C(C)C)c1-c1ccnc(-n2c3ccccc3c3ccc([Si](C)(C)c4cccc(N5ON(C(C)(C)C)c6ccccc65)c4)cc32)c1. The fraction of sp³-hybridized carbons (Fsp3) is 0.255. The van der Waals surface area contributed by atoms with Crippen molar-refractivity contribution in [3.05, 3.63) is 139 Å². The number of nitrogens with zero attached hydrogens (tertiary/aromatic N) is 4. The van der Waals surface area contributed by atoms with Crippen molar-refractivity contribution in [3.8, 4) is 16.9 Å². The van der Waals surface area contributed by atoms with E-state index in [2.05, 4.69) is 187 Å². The van der Waals surface area contributed by atoms with E-state index in [1.165, 1.54) is 54.4 Å². The van der Waals surface area contributed by atoms with E-state index in [0.717, 1.165) is 22.9 Å². The van der Waals surface area contributed by atoms with E-state index in [0.29, 0.717) is 11.8 Å². The third-order valence-corrected chi connectivity index (χ3v) is 14.4. The monoisotopic (exact) mass is 714 g/mol. The molecule has 5 nitrogen and oxygen atoms in total. The Morgan fingerprint density at radius 1 is 0.623 bits per heavy atom. The molecule has 0 fully saturated rings. The minimum Gasteiger partial charge on any atom is -0.294 e. The van der Waals surface area contributed by atoms with Crippen LogP contribution in [0.1, 0.15) is 71.4 Å². The van der Waals surface area contributed by atoms with Gasteiger partial charge in [-0.1, -0.05) is 124 Å².